The summed E-state index contributed by atoms with van der Waals surface area (Å²) in [7, 11) is 6.98. The molecule has 4 fully saturated rings. The van der Waals surface area contributed by atoms with Crippen molar-refractivity contribution in [2.24, 2.45) is 50.2 Å². The van der Waals surface area contributed by atoms with Gasteiger partial charge in [0.05, 0.1) is 37.4 Å². The summed E-state index contributed by atoms with van der Waals surface area (Å²) in [5, 5.41) is 12.0. The predicted molar refractivity (Wildman–Crippen MR) is 156 cm³/mol. The largest absolute Gasteiger partial charge is 0.469 e. The molecule has 228 valence electrons. The van der Waals surface area contributed by atoms with Gasteiger partial charge in [0.25, 0.3) is 0 Å². The zero-order valence-corrected chi connectivity index (χ0v) is 26.9. The van der Waals surface area contributed by atoms with Crippen LogP contribution >= 0.6 is 0 Å². The molecule has 5 aliphatic rings. The van der Waals surface area contributed by atoms with Gasteiger partial charge in [0.2, 0.25) is 0 Å². The Labute approximate surface area is 242 Å². The minimum absolute atomic E-state index is 0.00577. The number of carbonyl (C=O) groups is 1. The smallest absolute Gasteiger partial charge is 0.312 e. The summed E-state index contributed by atoms with van der Waals surface area (Å²) in [6.07, 6.45) is 9.42. The first-order valence-corrected chi connectivity index (χ1v) is 15.7. The number of methoxy groups -OCH3 is 4. The molecule has 0 aromatic carbocycles. The van der Waals surface area contributed by atoms with E-state index >= 15 is 0 Å². The van der Waals surface area contributed by atoms with Gasteiger partial charge in [-0.2, -0.15) is 0 Å². The van der Waals surface area contributed by atoms with Crippen molar-refractivity contribution in [1.82, 2.24) is 0 Å². The average molecular weight is 561 g/mol. The Kier molecular flexibility index (Phi) is 7.46. The van der Waals surface area contributed by atoms with E-state index in [1.54, 1.807) is 0 Å². The molecule has 10 unspecified atom stereocenters. The molecule has 0 heterocycles. The maximum atomic E-state index is 13.5. The second-order valence-corrected chi connectivity index (χ2v) is 15.9. The lowest BCUT2D eigenvalue weighted by molar-refractivity contribution is -0.256. The van der Waals surface area contributed by atoms with Gasteiger partial charge in [-0.25, -0.2) is 0 Å². The van der Waals surface area contributed by atoms with E-state index in [2.05, 4.69) is 47.6 Å². The van der Waals surface area contributed by atoms with Crippen LogP contribution < -0.4 is 0 Å². The predicted octanol–water partition coefficient (Wildman–Crippen LogP) is 6.20. The molecule has 5 aliphatic carbocycles. The zero-order chi connectivity index (χ0) is 29.5. The third-order valence-electron chi connectivity index (χ3n) is 14.1. The van der Waals surface area contributed by atoms with Gasteiger partial charge >= 0.3 is 5.97 Å². The number of rotatable bonds is 5. The third kappa shape index (κ3) is 3.70. The van der Waals surface area contributed by atoms with Crippen molar-refractivity contribution in [2.45, 2.75) is 111 Å². The van der Waals surface area contributed by atoms with Gasteiger partial charge in [0.1, 0.15) is 0 Å². The van der Waals surface area contributed by atoms with Gasteiger partial charge in [-0.3, -0.25) is 4.79 Å². The summed E-state index contributed by atoms with van der Waals surface area (Å²) in [5.74, 6) is 0.581. The Hall–Kier alpha value is -0.950. The number of aliphatic hydroxyl groups excluding tert-OH is 1. The highest BCUT2D eigenvalue weighted by Crippen LogP contribution is 2.76. The molecule has 0 aliphatic heterocycles. The first-order chi connectivity index (χ1) is 18.7. The second-order valence-electron chi connectivity index (χ2n) is 15.9. The van der Waals surface area contributed by atoms with E-state index in [0.717, 1.165) is 51.4 Å². The summed E-state index contributed by atoms with van der Waals surface area (Å²) in [6.45, 7) is 14.9. The molecular formula is C34H56O6. The zero-order valence-electron chi connectivity index (χ0n) is 26.9. The second kappa shape index (κ2) is 9.79. The van der Waals surface area contributed by atoms with E-state index in [1.165, 1.54) is 12.7 Å². The molecule has 1 N–H and O–H groups in total. The molecular weight excluding hydrogens is 504 g/mol. The molecule has 11 atom stereocenters. The lowest BCUT2D eigenvalue weighted by Gasteiger charge is -2.72. The van der Waals surface area contributed by atoms with Crippen molar-refractivity contribution < 1.29 is 28.8 Å². The van der Waals surface area contributed by atoms with Crippen molar-refractivity contribution >= 4 is 5.97 Å². The molecule has 0 aromatic rings. The summed E-state index contributed by atoms with van der Waals surface area (Å²) in [4.78, 5) is 13.5. The quantitative estimate of drug-likeness (QED) is 0.319. The number of carbonyl (C=O) groups excluding carboxylic acids is 1. The Morgan fingerprint density at radius 2 is 1.60 bits per heavy atom. The highest BCUT2D eigenvalue weighted by Gasteiger charge is 2.72. The minimum Gasteiger partial charge on any atom is -0.469 e. The normalized spacial score (nSPS) is 51.4. The summed E-state index contributed by atoms with van der Waals surface area (Å²) < 4.78 is 23.7. The standard InChI is InChI=1S/C34H56O6/c1-29(2)15-17-34(28(36)40-10)18-16-32(5)21(25(34)26(29)35)11-12-24-30(3)19-22(38-8)27(39-9)31(4,20-37-7)23(30)13-14-33(24,32)6/h11,22-27,35H,12-20H2,1-10H3/t22?,23?,24?,25?,26?,27?,30?,31-,32?,33?,34?/m1/s1. The van der Waals surface area contributed by atoms with Crippen molar-refractivity contribution in [3.05, 3.63) is 11.6 Å². The fraction of sp³-hybridized carbons (Fsp3) is 0.912. The minimum atomic E-state index is -0.631. The van der Waals surface area contributed by atoms with E-state index in [4.69, 9.17) is 18.9 Å². The first kappa shape index (κ1) is 30.5. The van der Waals surface area contributed by atoms with E-state index in [-0.39, 0.29) is 51.2 Å². The summed E-state index contributed by atoms with van der Waals surface area (Å²) in [5.41, 5.74) is 0.292. The Balaban J connectivity index is 1.63. The van der Waals surface area contributed by atoms with Crippen molar-refractivity contribution in [3.8, 4) is 0 Å². The summed E-state index contributed by atoms with van der Waals surface area (Å²) >= 11 is 0. The monoisotopic (exact) mass is 560 g/mol. The number of ether oxygens (including phenoxy) is 4. The maximum absolute atomic E-state index is 13.5. The Morgan fingerprint density at radius 3 is 2.20 bits per heavy atom. The van der Waals surface area contributed by atoms with Crippen LogP contribution in [0.5, 0.6) is 0 Å². The van der Waals surface area contributed by atoms with Gasteiger partial charge in [0.15, 0.2) is 0 Å². The van der Waals surface area contributed by atoms with Crippen LogP contribution in [0.25, 0.3) is 0 Å². The van der Waals surface area contributed by atoms with Crippen LogP contribution in [-0.4, -0.2) is 64.4 Å². The highest BCUT2D eigenvalue weighted by molar-refractivity contribution is 5.79. The van der Waals surface area contributed by atoms with Crippen LogP contribution in [0, 0.1) is 50.2 Å². The average Bonchev–Trinajstić information content (AvgIpc) is 2.90. The van der Waals surface area contributed by atoms with Gasteiger partial charge in [0, 0.05) is 32.7 Å². The van der Waals surface area contributed by atoms with Crippen molar-refractivity contribution in [1.29, 1.82) is 0 Å². The number of esters is 1. The van der Waals surface area contributed by atoms with Crippen LogP contribution in [0.1, 0.15) is 92.9 Å². The number of hydrogen-bond acceptors (Lipinski definition) is 6. The van der Waals surface area contributed by atoms with Gasteiger partial charge < -0.3 is 24.1 Å². The third-order valence-corrected chi connectivity index (χ3v) is 14.1. The van der Waals surface area contributed by atoms with Gasteiger partial charge in [-0.05, 0) is 84.9 Å². The lowest BCUT2D eigenvalue weighted by Crippen LogP contribution is -2.69. The molecule has 0 saturated heterocycles. The number of hydrogen-bond donors (Lipinski definition) is 1. The molecule has 6 heteroatoms. The van der Waals surface area contributed by atoms with Crippen LogP contribution in [0.2, 0.25) is 0 Å². The Morgan fingerprint density at radius 1 is 0.925 bits per heavy atom. The first-order valence-electron chi connectivity index (χ1n) is 15.7. The number of fused-ring (bicyclic) bond motifs is 7. The molecule has 0 aromatic heterocycles. The van der Waals surface area contributed by atoms with Crippen LogP contribution in [0.3, 0.4) is 0 Å². The molecule has 40 heavy (non-hydrogen) atoms. The van der Waals surface area contributed by atoms with Crippen LogP contribution in [0.15, 0.2) is 11.6 Å². The summed E-state index contributed by atoms with van der Waals surface area (Å²) in [6, 6.07) is 0. The van der Waals surface area contributed by atoms with Crippen molar-refractivity contribution in [2.75, 3.05) is 35.0 Å². The molecule has 0 spiro atoms. The van der Waals surface area contributed by atoms with Crippen LogP contribution in [0.4, 0.5) is 0 Å². The van der Waals surface area contributed by atoms with Crippen molar-refractivity contribution in [3.63, 3.8) is 0 Å². The SMILES string of the molecule is COC[C@@]1(C)C(OC)C(OC)CC2(C)C3CC=C4C5C(O)C(C)(C)CCC5(C(=O)OC)CCC4(C)C3(C)CCC21. The number of allylic oxidation sites excluding steroid dienone is 1. The highest BCUT2D eigenvalue weighted by atomic mass is 16.5. The van der Waals surface area contributed by atoms with Gasteiger partial charge in [-0.1, -0.05) is 53.2 Å². The molecule has 0 amide bonds. The fourth-order valence-electron chi connectivity index (χ4n) is 11.8. The molecule has 5 rings (SSSR count). The molecule has 0 radical (unpaired) electrons. The van der Waals surface area contributed by atoms with Gasteiger partial charge in [-0.15, -0.1) is 0 Å². The number of aliphatic hydroxyl groups is 1. The topological polar surface area (TPSA) is 74.2 Å². The molecule has 6 nitrogen and oxygen atoms in total. The maximum Gasteiger partial charge on any atom is 0.312 e. The molecule has 4 saturated carbocycles. The van der Waals surface area contributed by atoms with E-state index in [0.29, 0.717) is 18.4 Å². The lowest BCUT2D eigenvalue weighted by atomic mass is 9.33. The molecule has 0 bridgehead atoms. The fourth-order valence-corrected chi connectivity index (χ4v) is 11.8. The van der Waals surface area contributed by atoms with Crippen LogP contribution in [-0.2, 0) is 23.7 Å². The van der Waals surface area contributed by atoms with E-state index in [1.807, 2.05) is 21.3 Å². The van der Waals surface area contributed by atoms with E-state index < -0.39 is 11.5 Å². The Bertz CT molecular complexity index is 1040. The van der Waals surface area contributed by atoms with E-state index in [9.17, 15) is 9.90 Å².